The van der Waals surface area contributed by atoms with Crippen molar-refractivity contribution in [2.75, 3.05) is 5.73 Å². The molecule has 2 aromatic heterocycles. The van der Waals surface area contributed by atoms with Crippen molar-refractivity contribution in [2.45, 2.75) is 10.6 Å². The molecule has 0 aliphatic heterocycles. The van der Waals surface area contributed by atoms with Crippen LogP contribution >= 0.6 is 11.8 Å². The third kappa shape index (κ3) is 2.42. The molecule has 0 amide bonds. The third-order valence-corrected chi connectivity index (χ3v) is 3.75. The van der Waals surface area contributed by atoms with Gasteiger partial charge in [0.15, 0.2) is 0 Å². The largest absolute Gasteiger partial charge is 0.384 e. The molecule has 0 aliphatic carbocycles. The number of rotatable bonds is 3. The van der Waals surface area contributed by atoms with E-state index in [1.54, 1.807) is 6.07 Å². The van der Waals surface area contributed by atoms with Crippen LogP contribution in [0.5, 0.6) is 0 Å². The molecule has 0 fully saturated rings. The highest BCUT2D eigenvalue weighted by Crippen LogP contribution is 2.29. The number of pyridine rings is 1. The van der Waals surface area contributed by atoms with Crippen molar-refractivity contribution in [1.82, 2.24) is 20.4 Å². The minimum absolute atomic E-state index is 0.259. The first-order valence-corrected chi connectivity index (χ1v) is 6.66. The predicted octanol–water partition coefficient (Wildman–Crippen LogP) is 2.51. The lowest BCUT2D eigenvalue weighted by atomic mass is 10.2. The fourth-order valence-corrected chi connectivity index (χ4v) is 2.76. The number of fused-ring (bicyclic) bond motifs is 1. The number of nitrogens with one attached hydrogen (secondary N) is 1. The van der Waals surface area contributed by atoms with E-state index < -0.39 is 11.6 Å². The number of nitrogens with zero attached hydrogens (tertiary/aromatic N) is 3. The zero-order valence-electron chi connectivity index (χ0n) is 10.1. The first-order chi connectivity index (χ1) is 9.63. The number of H-pyrrole nitrogens is 1. The molecule has 1 aromatic carbocycles. The average Bonchev–Trinajstić information content (AvgIpc) is 2.87. The number of nitrogen functional groups attached to an aromatic ring is 1. The summed E-state index contributed by atoms with van der Waals surface area (Å²) in [7, 11) is 0. The quantitative estimate of drug-likeness (QED) is 0.725. The molecule has 0 atom stereocenters. The maximum atomic E-state index is 13.6. The highest BCUT2D eigenvalue weighted by atomic mass is 32.2. The van der Waals surface area contributed by atoms with E-state index in [1.165, 1.54) is 17.8 Å². The summed E-state index contributed by atoms with van der Waals surface area (Å²) >= 11 is 1.30. The van der Waals surface area contributed by atoms with Gasteiger partial charge >= 0.3 is 0 Å². The van der Waals surface area contributed by atoms with Crippen molar-refractivity contribution < 1.29 is 8.78 Å². The van der Waals surface area contributed by atoms with Crippen LogP contribution in [-0.2, 0) is 5.75 Å². The zero-order chi connectivity index (χ0) is 14.1. The monoisotopic (exact) mass is 293 g/mol. The third-order valence-electron chi connectivity index (χ3n) is 2.67. The van der Waals surface area contributed by atoms with Gasteiger partial charge in [-0.15, -0.1) is 16.9 Å². The Bertz CT molecular complexity index is 774. The zero-order valence-corrected chi connectivity index (χ0v) is 10.9. The van der Waals surface area contributed by atoms with E-state index in [2.05, 4.69) is 20.4 Å². The number of nitrogens with two attached hydrogens (primary N) is 1. The Balaban J connectivity index is 1.90. The van der Waals surface area contributed by atoms with Crippen LogP contribution in [0.4, 0.5) is 14.6 Å². The highest BCUT2D eigenvalue weighted by molar-refractivity contribution is 7.98. The fraction of sp³-hybridized carbons (Fsp3) is 0.0833. The smallest absolute Gasteiger partial charge is 0.204 e. The van der Waals surface area contributed by atoms with Crippen LogP contribution in [0.3, 0.4) is 0 Å². The Morgan fingerprint density at radius 3 is 2.90 bits per heavy atom. The molecular weight excluding hydrogens is 284 g/mol. The van der Waals surface area contributed by atoms with Gasteiger partial charge in [0.1, 0.15) is 23.0 Å². The summed E-state index contributed by atoms with van der Waals surface area (Å²) in [5.74, 6) is -0.358. The summed E-state index contributed by atoms with van der Waals surface area (Å²) in [4.78, 5) is 4.72. The van der Waals surface area contributed by atoms with Gasteiger partial charge in [0, 0.05) is 16.2 Å². The van der Waals surface area contributed by atoms with Crippen molar-refractivity contribution in [3.05, 3.63) is 41.5 Å². The minimum atomic E-state index is -0.470. The molecule has 3 rings (SSSR count). The normalized spacial score (nSPS) is 11.1. The highest BCUT2D eigenvalue weighted by Gasteiger charge is 2.11. The molecule has 102 valence electrons. The second-order valence-corrected chi connectivity index (χ2v) is 5.08. The minimum Gasteiger partial charge on any atom is -0.384 e. The molecule has 8 heteroatoms. The topological polar surface area (TPSA) is 80.5 Å². The molecule has 0 radical (unpaired) electrons. The summed E-state index contributed by atoms with van der Waals surface area (Å²) in [5.41, 5.74) is 6.90. The molecule has 0 saturated heterocycles. The molecule has 3 N–H and O–H groups in total. The molecule has 0 saturated carbocycles. The van der Waals surface area contributed by atoms with Gasteiger partial charge in [-0.1, -0.05) is 0 Å². The summed E-state index contributed by atoms with van der Waals surface area (Å²) in [6.07, 6.45) is 0. The number of halogens is 2. The molecule has 5 nitrogen and oxygen atoms in total. The second kappa shape index (κ2) is 5.04. The van der Waals surface area contributed by atoms with Gasteiger partial charge in [-0.2, -0.15) is 10.3 Å². The summed E-state index contributed by atoms with van der Waals surface area (Å²) in [5, 5.41) is 10.3. The van der Waals surface area contributed by atoms with Crippen molar-refractivity contribution in [1.29, 1.82) is 0 Å². The van der Waals surface area contributed by atoms with E-state index in [1.807, 2.05) is 0 Å². The Kier molecular flexibility index (Phi) is 3.23. The van der Waals surface area contributed by atoms with Crippen molar-refractivity contribution in [3.63, 3.8) is 0 Å². The number of hydrogen-bond acceptors (Lipinski definition) is 5. The Hall–Kier alpha value is -2.22. The Morgan fingerprint density at radius 2 is 2.05 bits per heavy atom. The maximum Gasteiger partial charge on any atom is 0.204 e. The van der Waals surface area contributed by atoms with Gasteiger partial charge in [-0.25, -0.2) is 13.8 Å². The van der Waals surface area contributed by atoms with Crippen LogP contribution in [0.25, 0.3) is 11.2 Å². The predicted molar refractivity (Wildman–Crippen MR) is 72.0 cm³/mol. The Morgan fingerprint density at radius 1 is 1.20 bits per heavy atom. The average molecular weight is 293 g/mol. The number of anilines is 1. The van der Waals surface area contributed by atoms with Crippen molar-refractivity contribution in [3.8, 4) is 0 Å². The van der Waals surface area contributed by atoms with E-state index in [0.29, 0.717) is 21.9 Å². The van der Waals surface area contributed by atoms with E-state index in [4.69, 9.17) is 5.73 Å². The molecule has 2 heterocycles. The van der Waals surface area contributed by atoms with E-state index in [-0.39, 0.29) is 11.3 Å². The number of thioether (sulfide) groups is 1. The number of aromatic nitrogens is 4. The van der Waals surface area contributed by atoms with E-state index in [9.17, 15) is 8.78 Å². The molecule has 0 spiro atoms. The number of hydrogen-bond donors (Lipinski definition) is 2. The first kappa shape index (κ1) is 12.8. The molecule has 0 bridgehead atoms. The van der Waals surface area contributed by atoms with E-state index >= 15 is 0 Å². The van der Waals surface area contributed by atoms with Crippen LogP contribution in [-0.4, -0.2) is 20.4 Å². The van der Waals surface area contributed by atoms with Crippen LogP contribution < -0.4 is 5.73 Å². The lowest BCUT2D eigenvalue weighted by Gasteiger charge is -2.05. The first-order valence-electron chi connectivity index (χ1n) is 5.67. The molecule has 20 heavy (non-hydrogen) atoms. The van der Waals surface area contributed by atoms with Gasteiger partial charge in [-0.3, -0.25) is 0 Å². The van der Waals surface area contributed by atoms with Crippen molar-refractivity contribution in [2.24, 2.45) is 0 Å². The number of benzene rings is 1. The second-order valence-electron chi connectivity index (χ2n) is 4.07. The summed E-state index contributed by atoms with van der Waals surface area (Å²) in [6, 6.07) is 5.00. The van der Waals surface area contributed by atoms with Gasteiger partial charge in [0.2, 0.25) is 5.65 Å². The van der Waals surface area contributed by atoms with Crippen molar-refractivity contribution >= 4 is 28.7 Å². The number of aromatic amines is 1. The molecule has 0 aliphatic rings. The van der Waals surface area contributed by atoms with Crippen LogP contribution in [0, 0.1) is 11.6 Å². The lowest BCUT2D eigenvalue weighted by molar-refractivity contribution is 0.591. The molecular formula is C12H9F2N5S. The van der Waals surface area contributed by atoms with Gasteiger partial charge < -0.3 is 5.73 Å². The van der Waals surface area contributed by atoms with Gasteiger partial charge in [0.05, 0.1) is 0 Å². The molecule has 0 unspecified atom stereocenters. The fourth-order valence-electron chi connectivity index (χ4n) is 1.75. The standard InChI is InChI=1S/C12H9F2N5S/c13-7-1-2-8(14)6(3-7)5-20-9-4-10(15)16-12-11(9)17-19-18-12/h1-4H,5H2,(H3,15,16,17,18,19). The van der Waals surface area contributed by atoms with Crippen LogP contribution in [0.15, 0.2) is 29.2 Å². The summed E-state index contributed by atoms with van der Waals surface area (Å²) < 4.78 is 26.7. The van der Waals surface area contributed by atoms with Crippen LogP contribution in [0.2, 0.25) is 0 Å². The van der Waals surface area contributed by atoms with Gasteiger partial charge in [-0.05, 0) is 24.3 Å². The maximum absolute atomic E-state index is 13.6. The van der Waals surface area contributed by atoms with Gasteiger partial charge in [0.25, 0.3) is 0 Å². The SMILES string of the molecule is Nc1cc(SCc2cc(F)ccc2F)c2n[nH]nc2n1. The Labute approximate surface area is 116 Å². The molecule has 3 aromatic rings. The van der Waals surface area contributed by atoms with Crippen LogP contribution in [0.1, 0.15) is 5.56 Å². The summed E-state index contributed by atoms with van der Waals surface area (Å²) in [6.45, 7) is 0. The van der Waals surface area contributed by atoms with E-state index in [0.717, 1.165) is 12.1 Å². The lowest BCUT2D eigenvalue weighted by Crippen LogP contribution is -1.93.